The second kappa shape index (κ2) is 8.61. The molecule has 0 N–H and O–H groups in total. The van der Waals surface area contributed by atoms with Crippen LogP contribution >= 0.6 is 27.5 Å². The van der Waals surface area contributed by atoms with Crippen molar-refractivity contribution in [1.82, 2.24) is 0 Å². The van der Waals surface area contributed by atoms with E-state index < -0.39 is 10.1 Å². The molecule has 0 spiro atoms. The van der Waals surface area contributed by atoms with Gasteiger partial charge in [-0.15, -0.1) is 0 Å². The predicted octanol–water partition coefficient (Wildman–Crippen LogP) is 5.93. The quantitative estimate of drug-likeness (QED) is 0.261. The van der Waals surface area contributed by atoms with E-state index >= 15 is 0 Å². The first-order valence-corrected chi connectivity index (χ1v) is 10.6. The molecule has 0 saturated carbocycles. The highest BCUT2D eigenvalue weighted by molar-refractivity contribution is 9.10. The monoisotopic (exact) mass is 473 g/mol. The maximum Gasteiger partial charge on any atom is 0.339 e. The molecule has 0 aromatic heterocycles. The zero-order valence-electron chi connectivity index (χ0n) is 14.3. The van der Waals surface area contributed by atoms with Crippen molar-refractivity contribution in [3.05, 3.63) is 93.4 Å². The van der Waals surface area contributed by atoms with Crippen molar-refractivity contribution in [3.8, 4) is 11.8 Å². The third-order valence-corrected chi connectivity index (χ3v) is 5.77. The van der Waals surface area contributed by atoms with Crippen molar-refractivity contribution in [2.24, 2.45) is 0 Å². The molecule has 0 amide bonds. The summed E-state index contributed by atoms with van der Waals surface area (Å²) in [5, 5.41) is 9.96. The van der Waals surface area contributed by atoms with Crippen molar-refractivity contribution >= 4 is 49.3 Å². The smallest absolute Gasteiger partial charge is 0.339 e. The molecule has 0 fully saturated rings. The van der Waals surface area contributed by atoms with E-state index in [9.17, 15) is 13.7 Å². The SMILES string of the molecule is N#C/C(=C\c1cc(Br)ccc1OS(=O)(=O)c1ccc(Cl)cc1)c1ccccc1. The maximum atomic E-state index is 12.6. The summed E-state index contributed by atoms with van der Waals surface area (Å²) < 4.78 is 31.3. The van der Waals surface area contributed by atoms with Crippen LogP contribution in [0.4, 0.5) is 0 Å². The molecule has 0 heterocycles. The molecule has 7 heteroatoms. The van der Waals surface area contributed by atoms with Crippen molar-refractivity contribution in [1.29, 1.82) is 5.26 Å². The Morgan fingerprint density at radius 2 is 1.71 bits per heavy atom. The summed E-state index contributed by atoms with van der Waals surface area (Å²) in [4.78, 5) is -0.0154. The maximum absolute atomic E-state index is 12.6. The van der Waals surface area contributed by atoms with Crippen LogP contribution in [0.3, 0.4) is 0 Å². The first-order valence-electron chi connectivity index (χ1n) is 8.06. The van der Waals surface area contributed by atoms with Gasteiger partial charge in [0.05, 0.1) is 11.6 Å². The first-order chi connectivity index (χ1) is 13.4. The van der Waals surface area contributed by atoms with Crippen molar-refractivity contribution < 1.29 is 12.6 Å². The molecule has 0 aliphatic heterocycles. The highest BCUT2D eigenvalue weighted by Gasteiger charge is 2.18. The zero-order chi connectivity index (χ0) is 20.1. The van der Waals surface area contributed by atoms with Crippen LogP contribution in [0.5, 0.6) is 5.75 Å². The average Bonchev–Trinajstić information content (AvgIpc) is 2.69. The van der Waals surface area contributed by atoms with Crippen LogP contribution in [0.2, 0.25) is 5.02 Å². The number of hydrogen-bond donors (Lipinski definition) is 0. The van der Waals surface area contributed by atoms with Gasteiger partial charge in [-0.05, 0) is 54.1 Å². The fourth-order valence-corrected chi connectivity index (χ4v) is 3.89. The van der Waals surface area contributed by atoms with Crippen LogP contribution < -0.4 is 4.18 Å². The molecule has 0 aliphatic rings. The van der Waals surface area contributed by atoms with Crippen LogP contribution in [-0.2, 0) is 10.1 Å². The lowest BCUT2D eigenvalue weighted by Crippen LogP contribution is -2.10. The molecule has 0 atom stereocenters. The Morgan fingerprint density at radius 1 is 1.04 bits per heavy atom. The lowest BCUT2D eigenvalue weighted by molar-refractivity contribution is 0.485. The Kier molecular flexibility index (Phi) is 6.20. The lowest BCUT2D eigenvalue weighted by atomic mass is 10.0. The third kappa shape index (κ3) is 4.82. The molecule has 140 valence electrons. The molecule has 4 nitrogen and oxygen atoms in total. The Balaban J connectivity index is 2.03. The molecular weight excluding hydrogens is 462 g/mol. The Bertz CT molecular complexity index is 1170. The molecule has 0 aliphatic carbocycles. The minimum Gasteiger partial charge on any atom is -0.378 e. The summed E-state index contributed by atoms with van der Waals surface area (Å²) in [7, 11) is -4.06. The second-order valence-corrected chi connectivity index (χ2v) is 8.61. The Hall–Kier alpha value is -2.59. The van der Waals surface area contributed by atoms with E-state index in [0.717, 1.165) is 10.0 Å². The third-order valence-electron chi connectivity index (χ3n) is 3.78. The second-order valence-electron chi connectivity index (χ2n) is 5.71. The number of benzene rings is 3. The van der Waals surface area contributed by atoms with Crippen molar-refractivity contribution in [2.45, 2.75) is 4.90 Å². The fraction of sp³-hybridized carbons (Fsp3) is 0. The lowest BCUT2D eigenvalue weighted by Gasteiger charge is -2.11. The van der Waals surface area contributed by atoms with Gasteiger partial charge >= 0.3 is 10.1 Å². The van der Waals surface area contributed by atoms with Crippen LogP contribution in [0.25, 0.3) is 11.6 Å². The molecule has 3 rings (SSSR count). The van der Waals surface area contributed by atoms with E-state index in [1.165, 1.54) is 30.3 Å². The van der Waals surface area contributed by atoms with Gasteiger partial charge in [-0.2, -0.15) is 13.7 Å². The van der Waals surface area contributed by atoms with E-state index in [1.807, 2.05) is 18.2 Å². The van der Waals surface area contributed by atoms with Crippen molar-refractivity contribution in [2.75, 3.05) is 0 Å². The number of halogens is 2. The van der Waals surface area contributed by atoms with Crippen molar-refractivity contribution in [3.63, 3.8) is 0 Å². The molecule has 0 unspecified atom stereocenters. The standard InChI is InChI=1S/C21H13BrClNO3S/c22-18-6-11-21(27-28(25,26)20-9-7-19(23)8-10-20)16(13-18)12-17(14-24)15-4-2-1-3-5-15/h1-13H/b17-12+. The molecule has 0 bridgehead atoms. The molecule has 3 aromatic rings. The molecular formula is C21H13BrClNO3S. The highest BCUT2D eigenvalue weighted by Crippen LogP contribution is 2.30. The van der Waals surface area contributed by atoms with Gasteiger partial charge < -0.3 is 4.18 Å². The van der Waals surface area contributed by atoms with Gasteiger partial charge in [-0.1, -0.05) is 57.9 Å². The molecule has 0 radical (unpaired) electrons. The summed E-state index contributed by atoms with van der Waals surface area (Å²) in [6.07, 6.45) is 1.59. The number of hydrogen-bond acceptors (Lipinski definition) is 4. The topological polar surface area (TPSA) is 67.2 Å². The summed E-state index contributed by atoms with van der Waals surface area (Å²) in [5.41, 5.74) is 1.55. The van der Waals surface area contributed by atoms with E-state index in [1.54, 1.807) is 30.3 Å². The highest BCUT2D eigenvalue weighted by atomic mass is 79.9. The predicted molar refractivity (Wildman–Crippen MR) is 113 cm³/mol. The number of allylic oxidation sites excluding steroid dienone is 1. The van der Waals surface area contributed by atoms with Crippen LogP contribution in [0.15, 0.2) is 82.2 Å². The number of rotatable bonds is 5. The van der Waals surface area contributed by atoms with E-state index in [-0.39, 0.29) is 10.6 Å². The summed E-state index contributed by atoms with van der Waals surface area (Å²) in [6.45, 7) is 0. The van der Waals surface area contributed by atoms with Crippen LogP contribution in [0.1, 0.15) is 11.1 Å². The van der Waals surface area contributed by atoms with Gasteiger partial charge in [-0.3, -0.25) is 0 Å². The normalized spacial score (nSPS) is 11.7. The summed E-state index contributed by atoms with van der Waals surface area (Å²) in [6, 6.07) is 21.8. The number of nitriles is 1. The van der Waals surface area contributed by atoms with E-state index in [0.29, 0.717) is 16.2 Å². The summed E-state index contributed by atoms with van der Waals surface area (Å²) >= 11 is 9.18. The van der Waals surface area contributed by atoms with Crippen LogP contribution in [-0.4, -0.2) is 8.42 Å². The van der Waals surface area contributed by atoms with Gasteiger partial charge in [0.15, 0.2) is 0 Å². The molecule has 28 heavy (non-hydrogen) atoms. The van der Waals surface area contributed by atoms with Gasteiger partial charge in [0.25, 0.3) is 0 Å². The minimum absolute atomic E-state index is 0.0154. The average molecular weight is 475 g/mol. The minimum atomic E-state index is -4.06. The first kappa shape index (κ1) is 20.2. The van der Waals surface area contributed by atoms with Gasteiger partial charge in [0.1, 0.15) is 10.6 Å². The van der Waals surface area contributed by atoms with E-state index in [2.05, 4.69) is 22.0 Å². The van der Waals surface area contributed by atoms with E-state index in [4.69, 9.17) is 15.8 Å². The fourth-order valence-electron chi connectivity index (χ4n) is 2.43. The Labute approximate surface area is 176 Å². The van der Waals surface area contributed by atoms with Gasteiger partial charge in [-0.25, -0.2) is 0 Å². The molecule has 0 saturated heterocycles. The Morgan fingerprint density at radius 3 is 2.36 bits per heavy atom. The molecule has 3 aromatic carbocycles. The summed E-state index contributed by atoms with van der Waals surface area (Å²) in [5.74, 6) is 0.113. The van der Waals surface area contributed by atoms with Gasteiger partial charge in [0.2, 0.25) is 0 Å². The van der Waals surface area contributed by atoms with Gasteiger partial charge in [0, 0.05) is 15.1 Å². The number of nitrogens with zero attached hydrogens (tertiary/aromatic N) is 1. The zero-order valence-corrected chi connectivity index (χ0v) is 17.5. The van der Waals surface area contributed by atoms with Crippen LogP contribution in [0, 0.1) is 11.3 Å². The largest absolute Gasteiger partial charge is 0.378 e.